The molecule has 2 rings (SSSR count). The largest absolute Gasteiger partial charge is 0.354 e. The lowest BCUT2D eigenvalue weighted by atomic mass is 10.1. The van der Waals surface area contributed by atoms with E-state index in [1.54, 1.807) is 12.1 Å². The molecule has 1 aromatic carbocycles. The summed E-state index contributed by atoms with van der Waals surface area (Å²) in [6, 6.07) is 6.01. The van der Waals surface area contributed by atoms with E-state index in [1.165, 1.54) is 22.7 Å². The monoisotopic (exact) mass is 328 g/mol. The number of carbonyl (C=O) groups is 1. The van der Waals surface area contributed by atoms with E-state index < -0.39 is 10.0 Å². The summed E-state index contributed by atoms with van der Waals surface area (Å²) in [6.45, 7) is 0.845. The minimum Gasteiger partial charge on any atom is -0.354 e. The Kier molecular flexibility index (Phi) is 5.52. The molecule has 122 valence electrons. The SMILES string of the molecule is CS(=O)(=O)N1CCCC1CNC(=O)CCc1cccc(F)c1. The Hall–Kier alpha value is -1.47. The third-order valence-electron chi connectivity index (χ3n) is 3.81. The Bertz CT molecular complexity index is 633. The van der Waals surface area contributed by atoms with Crippen LogP contribution in [0.3, 0.4) is 0 Å². The fourth-order valence-electron chi connectivity index (χ4n) is 2.72. The molecule has 1 unspecified atom stereocenters. The molecule has 22 heavy (non-hydrogen) atoms. The molecule has 0 saturated carbocycles. The second-order valence-electron chi connectivity index (χ2n) is 5.60. The smallest absolute Gasteiger partial charge is 0.220 e. The van der Waals surface area contributed by atoms with Gasteiger partial charge in [0.1, 0.15) is 5.82 Å². The van der Waals surface area contributed by atoms with Crippen molar-refractivity contribution in [2.24, 2.45) is 0 Å². The molecule has 1 heterocycles. The predicted octanol–water partition coefficient (Wildman–Crippen LogP) is 1.30. The van der Waals surface area contributed by atoms with E-state index in [-0.39, 0.29) is 24.2 Å². The number of sulfonamides is 1. The summed E-state index contributed by atoms with van der Waals surface area (Å²) < 4.78 is 37.7. The van der Waals surface area contributed by atoms with Crippen molar-refractivity contribution >= 4 is 15.9 Å². The van der Waals surface area contributed by atoms with Crippen molar-refractivity contribution in [3.63, 3.8) is 0 Å². The maximum atomic E-state index is 13.0. The number of halogens is 1. The lowest BCUT2D eigenvalue weighted by molar-refractivity contribution is -0.121. The number of nitrogens with one attached hydrogen (secondary N) is 1. The normalized spacial score (nSPS) is 19.3. The van der Waals surface area contributed by atoms with Gasteiger partial charge < -0.3 is 5.32 Å². The molecule has 7 heteroatoms. The van der Waals surface area contributed by atoms with Crippen LogP contribution in [0.15, 0.2) is 24.3 Å². The van der Waals surface area contributed by atoms with Gasteiger partial charge in [-0.3, -0.25) is 4.79 Å². The Morgan fingerprint density at radius 1 is 1.45 bits per heavy atom. The molecule has 0 spiro atoms. The van der Waals surface area contributed by atoms with Crippen LogP contribution in [0.5, 0.6) is 0 Å². The molecule has 1 aliphatic heterocycles. The fourth-order valence-corrected chi connectivity index (χ4v) is 3.90. The van der Waals surface area contributed by atoms with Gasteiger partial charge in [0.2, 0.25) is 15.9 Å². The molecule has 0 radical (unpaired) electrons. The van der Waals surface area contributed by atoms with Crippen LogP contribution in [0, 0.1) is 5.82 Å². The van der Waals surface area contributed by atoms with Gasteiger partial charge in [0.05, 0.1) is 6.26 Å². The van der Waals surface area contributed by atoms with Gasteiger partial charge >= 0.3 is 0 Å². The maximum Gasteiger partial charge on any atom is 0.220 e. The third kappa shape index (κ3) is 4.78. The first-order valence-corrected chi connectivity index (χ1v) is 9.19. The Labute approximate surface area is 130 Å². The summed E-state index contributed by atoms with van der Waals surface area (Å²) in [5, 5.41) is 2.77. The zero-order chi connectivity index (χ0) is 16.2. The molecular formula is C15H21FN2O3S. The van der Waals surface area contributed by atoms with Gasteiger partial charge in [0, 0.05) is 25.6 Å². The number of aryl methyl sites for hydroxylation is 1. The summed E-state index contributed by atoms with van der Waals surface area (Å²) in [6.07, 6.45) is 3.49. The molecular weight excluding hydrogens is 307 g/mol. The first-order valence-electron chi connectivity index (χ1n) is 7.34. The quantitative estimate of drug-likeness (QED) is 0.856. The molecule has 0 aromatic heterocycles. The summed E-state index contributed by atoms with van der Waals surface area (Å²) in [5.74, 6) is -0.461. The second-order valence-corrected chi connectivity index (χ2v) is 7.54. The standard InChI is InChI=1S/C15H21FN2O3S/c1-22(20,21)18-9-3-6-14(18)11-17-15(19)8-7-12-4-2-5-13(16)10-12/h2,4-5,10,14H,3,6-9,11H2,1H3,(H,17,19). The number of nitrogens with zero attached hydrogens (tertiary/aromatic N) is 1. The maximum absolute atomic E-state index is 13.0. The Morgan fingerprint density at radius 3 is 2.91 bits per heavy atom. The second kappa shape index (κ2) is 7.19. The van der Waals surface area contributed by atoms with Gasteiger partial charge in [0.15, 0.2) is 0 Å². The zero-order valence-electron chi connectivity index (χ0n) is 12.6. The van der Waals surface area contributed by atoms with Crippen molar-refractivity contribution < 1.29 is 17.6 Å². The van der Waals surface area contributed by atoms with Crippen LogP contribution in [0.1, 0.15) is 24.8 Å². The number of hydrogen-bond acceptors (Lipinski definition) is 3. The highest BCUT2D eigenvalue weighted by molar-refractivity contribution is 7.88. The van der Waals surface area contributed by atoms with Crippen molar-refractivity contribution in [3.8, 4) is 0 Å². The van der Waals surface area contributed by atoms with E-state index in [0.29, 0.717) is 19.5 Å². The van der Waals surface area contributed by atoms with E-state index in [1.807, 2.05) is 0 Å². The van der Waals surface area contributed by atoms with Crippen LogP contribution in [-0.4, -0.2) is 44.0 Å². The average Bonchev–Trinajstić information content (AvgIpc) is 2.91. The third-order valence-corrected chi connectivity index (χ3v) is 5.15. The highest BCUT2D eigenvalue weighted by atomic mass is 32.2. The van der Waals surface area contributed by atoms with Gasteiger partial charge in [-0.05, 0) is 37.0 Å². The van der Waals surface area contributed by atoms with Crippen LogP contribution >= 0.6 is 0 Å². The number of carbonyl (C=O) groups excluding carboxylic acids is 1. The van der Waals surface area contributed by atoms with Crippen LogP contribution in [0.2, 0.25) is 0 Å². The van der Waals surface area contributed by atoms with Crippen molar-refractivity contribution in [2.75, 3.05) is 19.3 Å². The number of rotatable bonds is 6. The van der Waals surface area contributed by atoms with E-state index in [2.05, 4.69) is 5.32 Å². The molecule has 1 atom stereocenters. The predicted molar refractivity (Wildman–Crippen MR) is 82.3 cm³/mol. The highest BCUT2D eigenvalue weighted by Gasteiger charge is 2.31. The molecule has 1 N–H and O–H groups in total. The Balaban J connectivity index is 1.78. The molecule has 5 nitrogen and oxygen atoms in total. The summed E-state index contributed by atoms with van der Waals surface area (Å²) in [4.78, 5) is 11.8. The van der Waals surface area contributed by atoms with Crippen LogP contribution in [0.25, 0.3) is 0 Å². The molecule has 1 amide bonds. The summed E-state index contributed by atoms with van der Waals surface area (Å²) in [5.41, 5.74) is 0.772. The van der Waals surface area contributed by atoms with Crippen LogP contribution in [0.4, 0.5) is 4.39 Å². The minimum absolute atomic E-state index is 0.149. The van der Waals surface area contributed by atoms with Gasteiger partial charge in [-0.1, -0.05) is 12.1 Å². The first-order chi connectivity index (χ1) is 10.4. The Morgan fingerprint density at radius 2 is 2.23 bits per heavy atom. The van der Waals surface area contributed by atoms with Crippen molar-refractivity contribution in [1.82, 2.24) is 9.62 Å². The lowest BCUT2D eigenvalue weighted by Crippen LogP contribution is -2.42. The molecule has 1 aromatic rings. The van der Waals surface area contributed by atoms with Gasteiger partial charge in [0.25, 0.3) is 0 Å². The number of benzene rings is 1. The van der Waals surface area contributed by atoms with Crippen LogP contribution in [-0.2, 0) is 21.2 Å². The van der Waals surface area contributed by atoms with Crippen molar-refractivity contribution in [1.29, 1.82) is 0 Å². The fraction of sp³-hybridized carbons (Fsp3) is 0.533. The van der Waals surface area contributed by atoms with Gasteiger partial charge in [-0.15, -0.1) is 0 Å². The topological polar surface area (TPSA) is 66.5 Å². The van der Waals surface area contributed by atoms with E-state index >= 15 is 0 Å². The summed E-state index contributed by atoms with van der Waals surface area (Å²) >= 11 is 0. The zero-order valence-corrected chi connectivity index (χ0v) is 13.4. The van der Waals surface area contributed by atoms with Crippen molar-refractivity contribution in [3.05, 3.63) is 35.6 Å². The minimum atomic E-state index is -3.22. The first kappa shape index (κ1) is 16.9. The van der Waals surface area contributed by atoms with E-state index in [0.717, 1.165) is 18.4 Å². The number of hydrogen-bond donors (Lipinski definition) is 1. The van der Waals surface area contributed by atoms with Gasteiger partial charge in [-0.25, -0.2) is 12.8 Å². The lowest BCUT2D eigenvalue weighted by Gasteiger charge is -2.22. The van der Waals surface area contributed by atoms with Gasteiger partial charge in [-0.2, -0.15) is 4.31 Å². The average molecular weight is 328 g/mol. The van der Waals surface area contributed by atoms with Crippen LogP contribution < -0.4 is 5.32 Å². The molecule has 0 aliphatic carbocycles. The molecule has 1 saturated heterocycles. The molecule has 1 aliphatic rings. The van der Waals surface area contributed by atoms with E-state index in [4.69, 9.17) is 0 Å². The van der Waals surface area contributed by atoms with E-state index in [9.17, 15) is 17.6 Å². The molecule has 1 fully saturated rings. The molecule has 0 bridgehead atoms. The summed E-state index contributed by atoms with van der Waals surface area (Å²) in [7, 11) is -3.22. The highest BCUT2D eigenvalue weighted by Crippen LogP contribution is 2.19. The number of amides is 1. The van der Waals surface area contributed by atoms with Crippen molar-refractivity contribution in [2.45, 2.75) is 31.7 Å².